The maximum Gasteiger partial charge on any atom is 0.407 e. The Balaban J connectivity index is 1.20. The Morgan fingerprint density at radius 1 is 0.878 bits per heavy atom. The molecule has 11 heteroatoms. The molecule has 0 radical (unpaired) electrons. The van der Waals surface area contributed by atoms with E-state index in [1.807, 2.05) is 36.4 Å². The van der Waals surface area contributed by atoms with Gasteiger partial charge >= 0.3 is 12.1 Å². The first-order valence-corrected chi connectivity index (χ1v) is 13.3. The lowest BCUT2D eigenvalue weighted by Gasteiger charge is -2.17. The SMILES string of the molecule is [N-]=[N+]=NCCOCCOCCOc1ccc(C[C@H](NC(=O)OCC2c3ccccc3-c3ccccc32)C(=O)O)cc1. The predicted molar refractivity (Wildman–Crippen MR) is 151 cm³/mol. The highest BCUT2D eigenvalue weighted by atomic mass is 16.6. The van der Waals surface area contributed by atoms with Crippen molar-refractivity contribution in [1.82, 2.24) is 5.32 Å². The first kappa shape index (κ1) is 29.4. The highest BCUT2D eigenvalue weighted by Crippen LogP contribution is 2.44. The number of benzene rings is 3. The largest absolute Gasteiger partial charge is 0.491 e. The first-order valence-electron chi connectivity index (χ1n) is 13.3. The van der Waals surface area contributed by atoms with Crippen LogP contribution in [0.5, 0.6) is 5.75 Å². The van der Waals surface area contributed by atoms with Crippen molar-refractivity contribution in [1.29, 1.82) is 0 Å². The van der Waals surface area contributed by atoms with E-state index >= 15 is 0 Å². The number of rotatable bonds is 16. The van der Waals surface area contributed by atoms with Gasteiger partial charge in [0.15, 0.2) is 0 Å². The van der Waals surface area contributed by atoms with Gasteiger partial charge in [-0.25, -0.2) is 9.59 Å². The number of carbonyl (C=O) groups is 2. The molecule has 0 bridgehead atoms. The number of hydrogen-bond acceptors (Lipinski definition) is 7. The zero-order chi connectivity index (χ0) is 28.9. The van der Waals surface area contributed by atoms with E-state index in [4.69, 9.17) is 24.5 Å². The zero-order valence-corrected chi connectivity index (χ0v) is 22.5. The second-order valence-corrected chi connectivity index (χ2v) is 9.24. The Morgan fingerprint density at radius 2 is 1.49 bits per heavy atom. The van der Waals surface area contributed by atoms with Gasteiger partial charge < -0.3 is 29.4 Å². The topological polar surface area (TPSA) is 152 Å². The standard InChI is InChI=1S/C30H32N4O7/c31-34-32-13-14-38-15-16-39-17-18-40-22-11-9-21(10-12-22)19-28(29(35)36)33-30(37)41-20-27-25-7-3-1-5-23(25)24-6-2-4-8-26(24)27/h1-12,27-28H,13-20H2,(H,33,37)(H,35,36)/t28-/m0/s1. The van der Waals surface area contributed by atoms with E-state index in [1.165, 1.54) is 0 Å². The van der Waals surface area contributed by atoms with Gasteiger partial charge in [-0.1, -0.05) is 65.8 Å². The molecule has 214 valence electrons. The molecule has 0 aliphatic heterocycles. The lowest BCUT2D eigenvalue weighted by molar-refractivity contribution is -0.139. The summed E-state index contributed by atoms with van der Waals surface area (Å²) in [6.07, 6.45) is -0.692. The molecule has 0 saturated heterocycles. The lowest BCUT2D eigenvalue weighted by Crippen LogP contribution is -2.42. The fourth-order valence-corrected chi connectivity index (χ4v) is 4.63. The fraction of sp³-hybridized carbons (Fsp3) is 0.333. The fourth-order valence-electron chi connectivity index (χ4n) is 4.63. The average Bonchev–Trinajstić information content (AvgIpc) is 3.31. The molecule has 1 amide bonds. The van der Waals surface area contributed by atoms with Crippen LogP contribution in [0.2, 0.25) is 0 Å². The predicted octanol–water partition coefficient (Wildman–Crippen LogP) is 4.94. The van der Waals surface area contributed by atoms with Crippen molar-refractivity contribution in [2.24, 2.45) is 5.11 Å². The second-order valence-electron chi connectivity index (χ2n) is 9.24. The Bertz CT molecular complexity index is 1310. The molecular weight excluding hydrogens is 528 g/mol. The third kappa shape index (κ3) is 8.46. The number of carboxylic acids is 1. The van der Waals surface area contributed by atoms with Crippen LogP contribution in [-0.2, 0) is 25.4 Å². The molecule has 0 fully saturated rings. The minimum Gasteiger partial charge on any atom is -0.491 e. The highest BCUT2D eigenvalue weighted by Gasteiger charge is 2.29. The van der Waals surface area contributed by atoms with Crippen LogP contribution in [0.1, 0.15) is 22.6 Å². The summed E-state index contributed by atoms with van der Waals surface area (Å²) in [5.74, 6) is -0.657. The van der Waals surface area contributed by atoms with Crippen molar-refractivity contribution in [2.75, 3.05) is 46.2 Å². The van der Waals surface area contributed by atoms with Crippen LogP contribution in [0.3, 0.4) is 0 Å². The quantitative estimate of drug-likeness (QED) is 0.109. The monoisotopic (exact) mass is 560 g/mol. The van der Waals surface area contributed by atoms with E-state index in [2.05, 4.69) is 27.5 Å². The first-order chi connectivity index (χ1) is 20.1. The minimum absolute atomic E-state index is 0.0859. The molecule has 3 aromatic carbocycles. The maximum atomic E-state index is 12.6. The number of nitrogens with one attached hydrogen (secondary N) is 1. The lowest BCUT2D eigenvalue weighted by atomic mass is 9.98. The van der Waals surface area contributed by atoms with Crippen molar-refractivity contribution in [2.45, 2.75) is 18.4 Å². The molecule has 1 atom stereocenters. The Labute approximate surface area is 237 Å². The molecule has 0 heterocycles. The maximum absolute atomic E-state index is 12.6. The second kappa shape index (κ2) is 15.3. The molecule has 3 aromatic rings. The van der Waals surface area contributed by atoms with E-state index in [0.717, 1.165) is 27.8 Å². The van der Waals surface area contributed by atoms with Crippen molar-refractivity contribution in [3.05, 3.63) is 99.9 Å². The summed E-state index contributed by atoms with van der Waals surface area (Å²) in [6.45, 7) is 2.23. The molecule has 4 rings (SSSR count). The van der Waals surface area contributed by atoms with Gasteiger partial charge in [0.2, 0.25) is 0 Å². The molecule has 0 saturated carbocycles. The van der Waals surface area contributed by atoms with Gasteiger partial charge in [-0.3, -0.25) is 0 Å². The number of hydrogen-bond donors (Lipinski definition) is 2. The van der Waals surface area contributed by atoms with E-state index in [0.29, 0.717) is 38.8 Å². The van der Waals surface area contributed by atoms with Crippen LogP contribution in [0.4, 0.5) is 4.79 Å². The van der Waals surface area contributed by atoms with Crippen LogP contribution in [-0.4, -0.2) is 69.4 Å². The van der Waals surface area contributed by atoms with E-state index < -0.39 is 18.1 Å². The van der Waals surface area contributed by atoms with Crippen LogP contribution >= 0.6 is 0 Å². The molecular formula is C30H32N4O7. The van der Waals surface area contributed by atoms with Crippen molar-refractivity contribution in [3.63, 3.8) is 0 Å². The molecule has 41 heavy (non-hydrogen) atoms. The average molecular weight is 561 g/mol. The van der Waals surface area contributed by atoms with Gasteiger partial charge in [-0.2, -0.15) is 0 Å². The van der Waals surface area contributed by atoms with Gasteiger partial charge in [0.1, 0.15) is 25.0 Å². The van der Waals surface area contributed by atoms with E-state index in [9.17, 15) is 14.7 Å². The summed E-state index contributed by atoms with van der Waals surface area (Å²) >= 11 is 0. The molecule has 0 spiro atoms. The number of nitrogens with zero attached hydrogens (tertiary/aromatic N) is 3. The molecule has 0 unspecified atom stereocenters. The van der Waals surface area contributed by atoms with Gasteiger partial charge in [0.05, 0.1) is 26.4 Å². The van der Waals surface area contributed by atoms with E-state index in [1.54, 1.807) is 24.3 Å². The Hall–Kier alpha value is -4.57. The number of fused-ring (bicyclic) bond motifs is 3. The van der Waals surface area contributed by atoms with Gasteiger partial charge in [0.25, 0.3) is 0 Å². The molecule has 1 aliphatic carbocycles. The van der Waals surface area contributed by atoms with Crippen LogP contribution in [0.25, 0.3) is 21.6 Å². The van der Waals surface area contributed by atoms with Crippen LogP contribution in [0, 0.1) is 0 Å². The minimum atomic E-state index is -1.15. The number of aliphatic carboxylic acids is 1. The Kier molecular flexibility index (Phi) is 11.0. The van der Waals surface area contributed by atoms with Crippen LogP contribution in [0.15, 0.2) is 77.9 Å². The number of alkyl carbamates (subject to hydrolysis) is 1. The van der Waals surface area contributed by atoms with Crippen LogP contribution < -0.4 is 10.1 Å². The molecule has 11 nitrogen and oxygen atoms in total. The molecule has 0 aromatic heterocycles. The van der Waals surface area contributed by atoms with E-state index in [-0.39, 0.29) is 25.5 Å². The van der Waals surface area contributed by atoms with Crippen molar-refractivity contribution >= 4 is 12.1 Å². The highest BCUT2D eigenvalue weighted by molar-refractivity contribution is 5.81. The number of azide groups is 1. The molecule has 2 N–H and O–H groups in total. The number of carboxylic acid groups (broad SMARTS) is 1. The summed E-state index contributed by atoms with van der Waals surface area (Å²) in [5.41, 5.74) is 13.3. The number of amides is 1. The van der Waals surface area contributed by atoms with Gasteiger partial charge in [0, 0.05) is 23.8 Å². The molecule has 1 aliphatic rings. The van der Waals surface area contributed by atoms with Crippen molar-refractivity contribution in [3.8, 4) is 16.9 Å². The van der Waals surface area contributed by atoms with Gasteiger partial charge in [-0.15, -0.1) is 0 Å². The summed E-state index contributed by atoms with van der Waals surface area (Å²) in [6, 6.07) is 21.8. The zero-order valence-electron chi connectivity index (χ0n) is 22.5. The number of ether oxygens (including phenoxy) is 4. The Morgan fingerprint density at radius 3 is 2.12 bits per heavy atom. The summed E-state index contributed by atoms with van der Waals surface area (Å²) in [7, 11) is 0. The third-order valence-electron chi connectivity index (χ3n) is 6.56. The van der Waals surface area contributed by atoms with Gasteiger partial charge in [-0.05, 0) is 45.5 Å². The third-order valence-corrected chi connectivity index (χ3v) is 6.56. The summed E-state index contributed by atoms with van der Waals surface area (Å²) in [5, 5.41) is 15.6. The summed E-state index contributed by atoms with van der Waals surface area (Å²) in [4.78, 5) is 27.1. The number of carbonyl (C=O) groups excluding carboxylic acids is 1. The summed E-state index contributed by atoms with van der Waals surface area (Å²) < 4.78 is 21.8. The normalized spacial score (nSPS) is 12.5. The van der Waals surface area contributed by atoms with Crippen molar-refractivity contribution < 1.29 is 33.6 Å². The smallest absolute Gasteiger partial charge is 0.407 e.